The lowest BCUT2D eigenvalue weighted by Crippen LogP contribution is -2.21. The summed E-state index contributed by atoms with van der Waals surface area (Å²) in [5, 5.41) is 10.4. The number of aromatic nitrogens is 3. The number of oxime groups is 1. The van der Waals surface area contributed by atoms with Gasteiger partial charge in [-0.2, -0.15) is 18.3 Å². The van der Waals surface area contributed by atoms with Crippen molar-refractivity contribution in [3.8, 4) is 5.82 Å². The zero-order valence-corrected chi connectivity index (χ0v) is 17.5. The van der Waals surface area contributed by atoms with Gasteiger partial charge in [0.2, 0.25) is 0 Å². The van der Waals surface area contributed by atoms with Gasteiger partial charge in [-0.3, -0.25) is 4.79 Å². The molecule has 13 heteroatoms. The van der Waals surface area contributed by atoms with Crippen molar-refractivity contribution in [3.05, 3.63) is 74.6 Å². The van der Waals surface area contributed by atoms with Gasteiger partial charge >= 0.3 is 6.18 Å². The minimum absolute atomic E-state index is 0.0130. The maximum atomic E-state index is 12.7. The van der Waals surface area contributed by atoms with Gasteiger partial charge in [0.05, 0.1) is 22.3 Å². The number of carbonyl (C=O) groups is 1. The van der Waals surface area contributed by atoms with Crippen molar-refractivity contribution >= 4 is 47.0 Å². The van der Waals surface area contributed by atoms with Crippen molar-refractivity contribution in [2.24, 2.45) is 5.16 Å². The number of pyridine rings is 1. The van der Waals surface area contributed by atoms with Crippen molar-refractivity contribution in [1.82, 2.24) is 20.1 Å². The zero-order chi connectivity index (χ0) is 22.6. The summed E-state index contributed by atoms with van der Waals surface area (Å²) in [6.07, 6.45) is -0.521. The van der Waals surface area contributed by atoms with E-state index in [1.807, 2.05) is 0 Å². The van der Waals surface area contributed by atoms with Crippen LogP contribution in [0.15, 0.2) is 48.0 Å². The highest BCUT2D eigenvalue weighted by molar-refractivity contribution is 6.36. The Labute approximate surface area is 188 Å². The minimum atomic E-state index is -4.58. The zero-order valence-electron chi connectivity index (χ0n) is 15.2. The summed E-state index contributed by atoms with van der Waals surface area (Å²) >= 11 is 17.9. The Morgan fingerprint density at radius 3 is 2.55 bits per heavy atom. The third-order valence-corrected chi connectivity index (χ3v) is 4.79. The number of carbonyl (C=O) groups excluding carboxylic acids is 1. The van der Waals surface area contributed by atoms with Gasteiger partial charge in [-0.25, -0.2) is 9.67 Å². The molecule has 1 amide bonds. The minimum Gasteiger partial charge on any atom is -0.390 e. The number of benzene rings is 1. The third-order valence-electron chi connectivity index (χ3n) is 3.80. The number of hydrogen-bond donors (Lipinski definition) is 1. The molecule has 1 N–H and O–H groups in total. The Kier molecular flexibility index (Phi) is 7.04. The first-order valence-corrected chi connectivity index (χ1v) is 9.45. The van der Waals surface area contributed by atoms with Crippen LogP contribution in [0.1, 0.15) is 21.5 Å². The topological polar surface area (TPSA) is 81.4 Å². The Bertz CT molecular complexity index is 1110. The van der Waals surface area contributed by atoms with E-state index in [1.54, 1.807) is 18.2 Å². The van der Waals surface area contributed by atoms with Crippen LogP contribution < -0.4 is 5.32 Å². The normalized spacial score (nSPS) is 11.7. The van der Waals surface area contributed by atoms with E-state index in [1.165, 1.54) is 12.4 Å². The van der Waals surface area contributed by atoms with E-state index in [4.69, 9.17) is 39.6 Å². The summed E-state index contributed by atoms with van der Waals surface area (Å²) in [5.41, 5.74) is -0.379. The van der Waals surface area contributed by atoms with Gasteiger partial charge in [0.15, 0.2) is 5.82 Å². The lowest BCUT2D eigenvalue weighted by molar-refractivity contribution is -0.137. The first-order chi connectivity index (χ1) is 14.7. The molecule has 2 aromatic heterocycles. The molecule has 0 saturated heterocycles. The number of halogens is 6. The SMILES string of the molecule is O=C(N/C=N/OCc1c(Cl)cccc1Cl)c1cnn(-c2ncc(C(F)(F)F)cc2Cl)c1. The highest BCUT2D eigenvalue weighted by Gasteiger charge is 2.31. The molecule has 0 aliphatic carbocycles. The summed E-state index contributed by atoms with van der Waals surface area (Å²) in [5.74, 6) is -0.667. The fraction of sp³-hybridized carbons (Fsp3) is 0.111. The first kappa shape index (κ1) is 22.9. The van der Waals surface area contributed by atoms with Crippen LogP contribution >= 0.6 is 34.8 Å². The lowest BCUT2D eigenvalue weighted by atomic mass is 10.2. The molecule has 7 nitrogen and oxygen atoms in total. The third kappa shape index (κ3) is 5.66. The van der Waals surface area contributed by atoms with Gasteiger partial charge in [-0.05, 0) is 18.2 Å². The maximum Gasteiger partial charge on any atom is 0.417 e. The standard InChI is InChI=1S/C18H11Cl3F3N5O2/c19-13-2-1-3-14(20)12(13)8-31-28-9-26-17(30)10-5-27-29(7-10)16-15(21)4-11(6-25-16)18(22,23)24/h1-7,9H,8H2,(H,26,28,30). The number of hydrogen-bond acceptors (Lipinski definition) is 5. The van der Waals surface area contributed by atoms with Crippen molar-refractivity contribution in [2.75, 3.05) is 0 Å². The summed E-state index contributed by atoms with van der Waals surface area (Å²) in [7, 11) is 0. The highest BCUT2D eigenvalue weighted by atomic mass is 35.5. The summed E-state index contributed by atoms with van der Waals surface area (Å²) in [4.78, 5) is 20.9. The predicted molar refractivity (Wildman–Crippen MR) is 109 cm³/mol. The number of rotatable bonds is 6. The smallest absolute Gasteiger partial charge is 0.390 e. The molecule has 0 bridgehead atoms. The van der Waals surface area contributed by atoms with Crippen molar-refractivity contribution in [3.63, 3.8) is 0 Å². The molecule has 0 saturated carbocycles. The summed E-state index contributed by atoms with van der Waals surface area (Å²) in [6.45, 7) is -0.0130. The number of alkyl halides is 3. The summed E-state index contributed by atoms with van der Waals surface area (Å²) < 4.78 is 39.2. The highest BCUT2D eigenvalue weighted by Crippen LogP contribution is 2.31. The van der Waals surface area contributed by atoms with Gasteiger partial charge in [0.25, 0.3) is 5.91 Å². The molecule has 0 radical (unpaired) electrons. The van der Waals surface area contributed by atoms with Crippen LogP contribution in [0, 0.1) is 0 Å². The van der Waals surface area contributed by atoms with E-state index < -0.39 is 17.6 Å². The van der Waals surface area contributed by atoms with Crippen LogP contribution in [0.5, 0.6) is 0 Å². The molecule has 0 unspecified atom stereocenters. The van der Waals surface area contributed by atoms with Crippen LogP contribution in [0.4, 0.5) is 13.2 Å². The lowest BCUT2D eigenvalue weighted by Gasteiger charge is -2.08. The van der Waals surface area contributed by atoms with Crippen LogP contribution in [0.3, 0.4) is 0 Å². The van der Waals surface area contributed by atoms with E-state index in [0.29, 0.717) is 21.8 Å². The fourth-order valence-corrected chi connectivity index (χ4v) is 3.05. The molecular weight excluding hydrogens is 482 g/mol. The molecule has 3 aromatic rings. The average Bonchev–Trinajstić information content (AvgIpc) is 3.19. The molecule has 0 spiro atoms. The van der Waals surface area contributed by atoms with Crippen LogP contribution in [0.2, 0.25) is 15.1 Å². The molecular formula is C18H11Cl3F3N5O2. The average molecular weight is 493 g/mol. The van der Waals surface area contributed by atoms with Crippen molar-refractivity contribution in [2.45, 2.75) is 12.8 Å². The van der Waals surface area contributed by atoms with E-state index in [9.17, 15) is 18.0 Å². The Morgan fingerprint density at radius 1 is 1.19 bits per heavy atom. The number of amides is 1. The molecule has 162 valence electrons. The van der Waals surface area contributed by atoms with E-state index >= 15 is 0 Å². The van der Waals surface area contributed by atoms with Gasteiger partial charge in [-0.15, -0.1) is 0 Å². The van der Waals surface area contributed by atoms with E-state index in [-0.39, 0.29) is 23.0 Å². The molecule has 0 aliphatic rings. The molecule has 3 rings (SSSR count). The molecule has 0 aliphatic heterocycles. The van der Waals surface area contributed by atoms with Crippen LogP contribution in [-0.2, 0) is 17.6 Å². The van der Waals surface area contributed by atoms with Gasteiger partial charge in [-0.1, -0.05) is 46.0 Å². The van der Waals surface area contributed by atoms with E-state index in [0.717, 1.165) is 17.1 Å². The van der Waals surface area contributed by atoms with Gasteiger partial charge in [0, 0.05) is 28.0 Å². The molecule has 0 fully saturated rings. The number of nitrogens with one attached hydrogen (secondary N) is 1. The summed E-state index contributed by atoms with van der Waals surface area (Å²) in [6, 6.07) is 5.70. The quantitative estimate of drug-likeness (QED) is 0.294. The molecule has 31 heavy (non-hydrogen) atoms. The Morgan fingerprint density at radius 2 is 1.90 bits per heavy atom. The van der Waals surface area contributed by atoms with Gasteiger partial charge in [0.1, 0.15) is 12.9 Å². The second-order valence-corrected chi connectivity index (χ2v) is 7.10. The first-order valence-electron chi connectivity index (χ1n) is 8.32. The van der Waals surface area contributed by atoms with Crippen molar-refractivity contribution < 1.29 is 22.8 Å². The number of nitrogens with zero attached hydrogens (tertiary/aromatic N) is 4. The maximum absolute atomic E-state index is 12.7. The fourth-order valence-electron chi connectivity index (χ4n) is 2.29. The van der Waals surface area contributed by atoms with E-state index in [2.05, 4.69) is 20.6 Å². The predicted octanol–water partition coefficient (Wildman–Crippen LogP) is 5.14. The van der Waals surface area contributed by atoms with Crippen LogP contribution in [-0.4, -0.2) is 27.0 Å². The second kappa shape index (κ2) is 9.54. The van der Waals surface area contributed by atoms with Gasteiger partial charge < -0.3 is 10.2 Å². The van der Waals surface area contributed by atoms with Crippen LogP contribution in [0.25, 0.3) is 5.82 Å². The Balaban J connectivity index is 1.60. The molecule has 0 atom stereocenters. The monoisotopic (exact) mass is 491 g/mol. The largest absolute Gasteiger partial charge is 0.417 e. The Hall–Kier alpha value is -2.82. The second-order valence-electron chi connectivity index (χ2n) is 5.88. The van der Waals surface area contributed by atoms with Crippen molar-refractivity contribution in [1.29, 1.82) is 0 Å². The molecule has 1 aromatic carbocycles. The molecule has 2 heterocycles.